The van der Waals surface area contributed by atoms with Crippen LogP contribution >= 0.6 is 28.1 Å². The quantitative estimate of drug-likeness (QED) is 0.690. The van der Waals surface area contributed by atoms with Crippen molar-refractivity contribution < 1.29 is 0 Å². The van der Waals surface area contributed by atoms with Gasteiger partial charge in [0.25, 0.3) is 0 Å². The summed E-state index contributed by atoms with van der Waals surface area (Å²) in [4.78, 5) is 4.35. The molecular formula is C15H13BrN4S. The van der Waals surface area contributed by atoms with Crippen molar-refractivity contribution in [3.05, 3.63) is 56.9 Å². The van der Waals surface area contributed by atoms with E-state index in [0.29, 0.717) is 10.6 Å². The number of halogens is 1. The molecular weight excluding hydrogens is 348 g/mol. The Morgan fingerprint density at radius 1 is 1.19 bits per heavy atom. The number of hydrogen-bond acceptors (Lipinski definition) is 3. The highest BCUT2D eigenvalue weighted by Crippen LogP contribution is 2.27. The highest BCUT2D eigenvalue weighted by Gasteiger charge is 2.13. The fourth-order valence-corrected chi connectivity index (χ4v) is 2.72. The molecule has 0 saturated heterocycles. The summed E-state index contributed by atoms with van der Waals surface area (Å²) in [5, 5.41) is 7.17. The van der Waals surface area contributed by atoms with Gasteiger partial charge in [0.1, 0.15) is 5.69 Å². The van der Waals surface area contributed by atoms with Gasteiger partial charge in [0.15, 0.2) is 10.6 Å². The Morgan fingerprint density at radius 2 is 1.90 bits per heavy atom. The van der Waals surface area contributed by atoms with Crippen LogP contribution in [0.1, 0.15) is 11.1 Å². The highest BCUT2D eigenvalue weighted by atomic mass is 79.9. The number of aryl methyl sites for hydroxylation is 2. The van der Waals surface area contributed by atoms with Gasteiger partial charge in [0, 0.05) is 10.7 Å². The van der Waals surface area contributed by atoms with Gasteiger partial charge in [-0.15, -0.1) is 0 Å². The maximum absolute atomic E-state index is 5.38. The minimum atomic E-state index is 0.553. The van der Waals surface area contributed by atoms with Gasteiger partial charge in [-0.05, 0) is 61.5 Å². The third-order valence-corrected chi connectivity index (χ3v) is 4.77. The number of aromatic nitrogens is 4. The van der Waals surface area contributed by atoms with Crippen molar-refractivity contribution in [3.8, 4) is 17.2 Å². The van der Waals surface area contributed by atoms with Crippen LogP contribution in [0, 0.1) is 18.6 Å². The second-order valence-electron chi connectivity index (χ2n) is 4.80. The standard InChI is InChI=1S/C15H13BrN4S/c1-9-7-11(8-10(2)13(9)16)20-14(18-19-15(20)21)12-5-3-4-6-17-12/h3-8H,1-2H3,(H,19,21). The molecule has 3 aromatic rings. The first-order chi connectivity index (χ1) is 10.1. The lowest BCUT2D eigenvalue weighted by Gasteiger charge is -2.10. The Bertz CT molecular complexity index is 829. The van der Waals surface area contributed by atoms with E-state index in [4.69, 9.17) is 12.2 Å². The van der Waals surface area contributed by atoms with Crippen LogP contribution in [0.3, 0.4) is 0 Å². The maximum Gasteiger partial charge on any atom is 0.200 e. The predicted molar refractivity (Wildman–Crippen MR) is 89.2 cm³/mol. The van der Waals surface area contributed by atoms with E-state index >= 15 is 0 Å². The molecule has 0 radical (unpaired) electrons. The van der Waals surface area contributed by atoms with Gasteiger partial charge in [-0.3, -0.25) is 14.6 Å². The molecule has 6 heteroatoms. The molecule has 0 spiro atoms. The zero-order valence-corrected chi connectivity index (χ0v) is 14.0. The summed E-state index contributed by atoms with van der Waals surface area (Å²) in [6, 6.07) is 9.88. The molecule has 0 unspecified atom stereocenters. The zero-order chi connectivity index (χ0) is 15.0. The summed E-state index contributed by atoms with van der Waals surface area (Å²) in [7, 11) is 0. The van der Waals surface area contributed by atoms with Crippen LogP contribution in [-0.4, -0.2) is 19.7 Å². The van der Waals surface area contributed by atoms with E-state index in [1.807, 2.05) is 22.8 Å². The molecule has 0 amide bonds. The maximum atomic E-state index is 5.38. The first-order valence-corrected chi connectivity index (χ1v) is 7.64. The van der Waals surface area contributed by atoms with Crippen LogP contribution in [0.4, 0.5) is 0 Å². The van der Waals surface area contributed by atoms with Gasteiger partial charge in [0.2, 0.25) is 0 Å². The topological polar surface area (TPSA) is 46.5 Å². The average Bonchev–Trinajstić information content (AvgIpc) is 2.87. The number of nitrogens with one attached hydrogen (secondary N) is 1. The smallest absolute Gasteiger partial charge is 0.200 e. The van der Waals surface area contributed by atoms with Crippen LogP contribution in [0.15, 0.2) is 41.0 Å². The van der Waals surface area contributed by atoms with E-state index in [2.05, 4.69) is 57.1 Å². The lowest BCUT2D eigenvalue weighted by atomic mass is 10.1. The molecule has 0 aliphatic carbocycles. The van der Waals surface area contributed by atoms with Crippen molar-refractivity contribution in [1.29, 1.82) is 0 Å². The Morgan fingerprint density at radius 3 is 2.52 bits per heavy atom. The normalized spacial score (nSPS) is 10.8. The number of hydrogen-bond donors (Lipinski definition) is 1. The molecule has 2 aromatic heterocycles. The molecule has 0 fully saturated rings. The zero-order valence-electron chi connectivity index (χ0n) is 11.6. The number of nitrogens with zero attached hydrogens (tertiary/aromatic N) is 3. The first kappa shape index (κ1) is 14.2. The van der Waals surface area contributed by atoms with Gasteiger partial charge < -0.3 is 0 Å². The van der Waals surface area contributed by atoms with Gasteiger partial charge in [-0.25, -0.2) is 0 Å². The second-order valence-corrected chi connectivity index (χ2v) is 5.98. The first-order valence-electron chi connectivity index (χ1n) is 6.44. The van der Waals surface area contributed by atoms with Crippen molar-refractivity contribution in [1.82, 2.24) is 19.7 Å². The van der Waals surface area contributed by atoms with Gasteiger partial charge >= 0.3 is 0 Å². The Hall–Kier alpha value is -1.79. The van der Waals surface area contributed by atoms with E-state index in [9.17, 15) is 0 Å². The van der Waals surface area contributed by atoms with Crippen LogP contribution in [-0.2, 0) is 0 Å². The number of benzene rings is 1. The molecule has 0 aliphatic rings. The van der Waals surface area contributed by atoms with E-state index < -0.39 is 0 Å². The van der Waals surface area contributed by atoms with Crippen LogP contribution in [0.25, 0.3) is 17.2 Å². The van der Waals surface area contributed by atoms with E-state index in [0.717, 1.165) is 27.0 Å². The Labute approximate surface area is 136 Å². The van der Waals surface area contributed by atoms with Crippen LogP contribution < -0.4 is 0 Å². The molecule has 0 atom stereocenters. The van der Waals surface area contributed by atoms with Crippen molar-refractivity contribution in [2.45, 2.75) is 13.8 Å². The van der Waals surface area contributed by atoms with Gasteiger partial charge in [-0.2, -0.15) is 5.10 Å². The number of H-pyrrole nitrogens is 1. The average molecular weight is 361 g/mol. The minimum Gasteiger partial charge on any atom is -0.267 e. The number of aromatic amines is 1. The summed E-state index contributed by atoms with van der Waals surface area (Å²) in [6.07, 6.45) is 1.75. The van der Waals surface area contributed by atoms with E-state index in [1.54, 1.807) is 6.20 Å². The Balaban J connectivity index is 2.25. The summed E-state index contributed by atoms with van der Waals surface area (Å²) >= 11 is 8.97. The summed E-state index contributed by atoms with van der Waals surface area (Å²) in [6.45, 7) is 4.12. The molecule has 0 aliphatic heterocycles. The molecule has 4 nitrogen and oxygen atoms in total. The lowest BCUT2D eigenvalue weighted by Crippen LogP contribution is -2.00. The van der Waals surface area contributed by atoms with Crippen LogP contribution in [0.5, 0.6) is 0 Å². The van der Waals surface area contributed by atoms with Crippen molar-refractivity contribution >= 4 is 28.1 Å². The summed E-state index contributed by atoms with van der Waals surface area (Å²) < 4.78 is 3.57. The molecule has 3 rings (SSSR count). The molecule has 106 valence electrons. The van der Waals surface area contributed by atoms with Gasteiger partial charge in [-0.1, -0.05) is 22.0 Å². The fraction of sp³-hybridized carbons (Fsp3) is 0.133. The minimum absolute atomic E-state index is 0.553. The third-order valence-electron chi connectivity index (χ3n) is 3.25. The van der Waals surface area contributed by atoms with Crippen molar-refractivity contribution in [3.63, 3.8) is 0 Å². The Kier molecular flexibility index (Phi) is 3.73. The lowest BCUT2D eigenvalue weighted by molar-refractivity contribution is 1.02. The van der Waals surface area contributed by atoms with Crippen molar-refractivity contribution in [2.75, 3.05) is 0 Å². The number of pyridine rings is 1. The summed E-state index contributed by atoms with van der Waals surface area (Å²) in [5.41, 5.74) is 4.07. The molecule has 1 N–H and O–H groups in total. The number of rotatable bonds is 2. The largest absolute Gasteiger partial charge is 0.267 e. The predicted octanol–water partition coefficient (Wildman–Crippen LogP) is 4.37. The van der Waals surface area contributed by atoms with Crippen molar-refractivity contribution in [2.24, 2.45) is 0 Å². The second kappa shape index (κ2) is 5.54. The van der Waals surface area contributed by atoms with E-state index in [-0.39, 0.29) is 0 Å². The molecule has 0 bridgehead atoms. The van der Waals surface area contributed by atoms with E-state index in [1.165, 1.54) is 0 Å². The summed E-state index contributed by atoms with van der Waals surface area (Å²) in [5.74, 6) is 0.710. The molecule has 2 heterocycles. The monoisotopic (exact) mass is 360 g/mol. The molecule has 0 saturated carbocycles. The third kappa shape index (κ3) is 2.56. The molecule has 1 aromatic carbocycles. The van der Waals surface area contributed by atoms with Crippen LogP contribution in [0.2, 0.25) is 0 Å². The van der Waals surface area contributed by atoms with Gasteiger partial charge in [0.05, 0.1) is 5.69 Å². The highest BCUT2D eigenvalue weighted by molar-refractivity contribution is 9.10. The fourth-order valence-electron chi connectivity index (χ4n) is 2.26. The molecule has 21 heavy (non-hydrogen) atoms. The SMILES string of the molecule is Cc1cc(-n2c(-c3ccccn3)n[nH]c2=S)cc(C)c1Br.